The van der Waals surface area contributed by atoms with E-state index < -0.39 is 8.07 Å². The van der Waals surface area contributed by atoms with Crippen LogP contribution in [0.4, 0.5) is 0 Å². The summed E-state index contributed by atoms with van der Waals surface area (Å²) >= 11 is 0. The number of cyclic esters (lactones) is 1. The molecule has 0 radical (unpaired) electrons. The first-order valence-electron chi connectivity index (χ1n) is 6.25. The van der Waals surface area contributed by atoms with Crippen LogP contribution < -0.4 is 4.74 Å². The summed E-state index contributed by atoms with van der Waals surface area (Å²) in [5.41, 5.74) is 1.33. The predicted molar refractivity (Wildman–Crippen MR) is 73.7 cm³/mol. The molecule has 1 aromatic carbocycles. The summed E-state index contributed by atoms with van der Waals surface area (Å²) in [6.45, 7) is 6.66. The van der Waals surface area contributed by atoms with E-state index in [0.717, 1.165) is 12.2 Å². The molecule has 0 amide bonds. The molecule has 0 N–H and O–H groups in total. The second-order valence-corrected chi connectivity index (χ2v) is 11.2. The van der Waals surface area contributed by atoms with Crippen molar-refractivity contribution in [2.45, 2.75) is 37.7 Å². The van der Waals surface area contributed by atoms with E-state index in [1.165, 1.54) is 5.56 Å². The minimum absolute atomic E-state index is 0.00678. The first-order chi connectivity index (χ1) is 8.41. The van der Waals surface area contributed by atoms with Gasteiger partial charge in [-0.3, -0.25) is 4.79 Å². The number of ether oxygens (including phenoxy) is 2. The van der Waals surface area contributed by atoms with Crippen molar-refractivity contribution < 1.29 is 14.3 Å². The molecule has 0 unspecified atom stereocenters. The van der Waals surface area contributed by atoms with Crippen LogP contribution in [0.5, 0.6) is 5.75 Å². The van der Waals surface area contributed by atoms with E-state index in [9.17, 15) is 4.79 Å². The zero-order valence-corrected chi connectivity index (χ0v) is 12.4. The van der Waals surface area contributed by atoms with Gasteiger partial charge in [-0.15, -0.1) is 0 Å². The number of benzene rings is 1. The molecule has 1 aliphatic heterocycles. The van der Waals surface area contributed by atoms with Crippen molar-refractivity contribution in [2.75, 3.05) is 7.11 Å². The number of methoxy groups -OCH3 is 1. The van der Waals surface area contributed by atoms with Gasteiger partial charge in [0.1, 0.15) is 11.9 Å². The Bertz CT molecular complexity index is 433. The summed E-state index contributed by atoms with van der Waals surface area (Å²) in [5.74, 6) is 0.846. The van der Waals surface area contributed by atoms with E-state index in [2.05, 4.69) is 19.6 Å². The maximum atomic E-state index is 11.6. The zero-order chi connectivity index (χ0) is 13.3. The Hall–Kier alpha value is -1.29. The molecule has 3 nitrogen and oxygen atoms in total. The molecule has 0 saturated carbocycles. The van der Waals surface area contributed by atoms with Crippen LogP contribution in [0, 0.1) is 0 Å². The fourth-order valence-corrected chi connectivity index (χ4v) is 4.51. The normalized spacial score (nSPS) is 23.2. The van der Waals surface area contributed by atoms with Gasteiger partial charge < -0.3 is 9.47 Å². The standard InChI is InChI=1S/C14H20O3Si/c1-16-11-7-5-10(6-8-11)9-12-13(14(15)17-12)18(2,3)4/h5-8,12-13H,9H2,1-4H3/t12-,13+/m1/s1. The van der Waals surface area contributed by atoms with Gasteiger partial charge in [-0.1, -0.05) is 31.8 Å². The molecule has 1 saturated heterocycles. The summed E-state index contributed by atoms with van der Waals surface area (Å²) in [6.07, 6.45) is 0.877. The van der Waals surface area contributed by atoms with E-state index in [-0.39, 0.29) is 17.6 Å². The number of rotatable bonds is 4. The van der Waals surface area contributed by atoms with Gasteiger partial charge in [0.2, 0.25) is 0 Å². The molecule has 4 heteroatoms. The van der Waals surface area contributed by atoms with Gasteiger partial charge in [0.15, 0.2) is 0 Å². The molecule has 0 aliphatic carbocycles. The lowest BCUT2D eigenvalue weighted by atomic mass is 10.0. The van der Waals surface area contributed by atoms with Crippen LogP contribution in [-0.2, 0) is 16.0 Å². The van der Waals surface area contributed by atoms with Crippen molar-refractivity contribution in [3.63, 3.8) is 0 Å². The van der Waals surface area contributed by atoms with Crippen molar-refractivity contribution >= 4 is 14.0 Å². The molecule has 1 aromatic rings. The Labute approximate surface area is 109 Å². The van der Waals surface area contributed by atoms with Crippen molar-refractivity contribution in [3.05, 3.63) is 29.8 Å². The first-order valence-corrected chi connectivity index (χ1v) is 9.83. The Morgan fingerprint density at radius 1 is 1.22 bits per heavy atom. The van der Waals surface area contributed by atoms with Crippen LogP contribution in [0.3, 0.4) is 0 Å². The molecule has 0 aromatic heterocycles. The number of carbonyl (C=O) groups excluding carboxylic acids is 1. The molecule has 1 aliphatic rings. The predicted octanol–water partition coefficient (Wildman–Crippen LogP) is 2.87. The lowest BCUT2D eigenvalue weighted by Gasteiger charge is -2.42. The number of carbonyl (C=O) groups is 1. The first kappa shape index (κ1) is 13.1. The zero-order valence-electron chi connectivity index (χ0n) is 11.4. The third-order valence-electron chi connectivity index (χ3n) is 3.42. The van der Waals surface area contributed by atoms with E-state index in [4.69, 9.17) is 9.47 Å². The van der Waals surface area contributed by atoms with Crippen LogP contribution >= 0.6 is 0 Å². The minimum atomic E-state index is -1.47. The highest BCUT2D eigenvalue weighted by molar-refractivity contribution is 6.81. The molecule has 2 rings (SSSR count). The fourth-order valence-electron chi connectivity index (χ4n) is 2.43. The number of hydrogen-bond donors (Lipinski definition) is 0. The monoisotopic (exact) mass is 264 g/mol. The fraction of sp³-hybridized carbons (Fsp3) is 0.500. The van der Waals surface area contributed by atoms with Crippen molar-refractivity contribution in [3.8, 4) is 5.75 Å². The van der Waals surface area contributed by atoms with E-state index >= 15 is 0 Å². The van der Waals surface area contributed by atoms with Crippen LogP contribution in [0.15, 0.2) is 24.3 Å². The number of hydrogen-bond acceptors (Lipinski definition) is 3. The van der Waals surface area contributed by atoms with E-state index in [0.29, 0.717) is 0 Å². The summed E-state index contributed by atoms with van der Waals surface area (Å²) < 4.78 is 10.4. The average molecular weight is 264 g/mol. The van der Waals surface area contributed by atoms with Crippen molar-refractivity contribution in [1.29, 1.82) is 0 Å². The molecule has 2 atom stereocenters. The molecule has 1 fully saturated rings. The van der Waals surface area contributed by atoms with Gasteiger partial charge in [-0.2, -0.15) is 0 Å². The molecule has 0 bridgehead atoms. The Morgan fingerprint density at radius 2 is 1.83 bits per heavy atom. The maximum absolute atomic E-state index is 11.6. The summed E-state index contributed by atoms with van der Waals surface area (Å²) in [6, 6.07) is 7.96. The Morgan fingerprint density at radius 3 is 2.28 bits per heavy atom. The van der Waals surface area contributed by atoms with Gasteiger partial charge in [0.25, 0.3) is 0 Å². The molecule has 18 heavy (non-hydrogen) atoms. The van der Waals surface area contributed by atoms with Crippen molar-refractivity contribution in [2.24, 2.45) is 0 Å². The largest absolute Gasteiger partial charge is 0.497 e. The van der Waals surface area contributed by atoms with Crippen molar-refractivity contribution in [1.82, 2.24) is 0 Å². The summed E-state index contributed by atoms with van der Waals surface area (Å²) in [4.78, 5) is 11.6. The second kappa shape index (κ2) is 4.76. The third-order valence-corrected chi connectivity index (χ3v) is 5.90. The third kappa shape index (κ3) is 2.58. The van der Waals surface area contributed by atoms with Gasteiger partial charge in [0.05, 0.1) is 20.7 Å². The average Bonchev–Trinajstić information content (AvgIpc) is 2.26. The lowest BCUT2D eigenvalue weighted by molar-refractivity contribution is -0.169. The van der Waals surface area contributed by atoms with Crippen LogP contribution in [0.25, 0.3) is 0 Å². The van der Waals surface area contributed by atoms with Gasteiger partial charge in [-0.05, 0) is 17.7 Å². The van der Waals surface area contributed by atoms with Crippen LogP contribution in [-0.4, -0.2) is 27.3 Å². The molecular formula is C14H20O3Si. The maximum Gasteiger partial charge on any atom is 0.310 e. The van der Waals surface area contributed by atoms with E-state index in [1.807, 2.05) is 24.3 Å². The summed E-state index contributed by atoms with van der Waals surface area (Å²) in [5, 5.41) is 0. The SMILES string of the molecule is COc1ccc(C[C@H]2OC(=O)[C@H]2[Si](C)(C)C)cc1. The smallest absolute Gasteiger partial charge is 0.310 e. The molecule has 98 valence electrons. The Kier molecular flexibility index (Phi) is 3.48. The minimum Gasteiger partial charge on any atom is -0.497 e. The van der Waals surface area contributed by atoms with E-state index in [1.54, 1.807) is 7.11 Å². The van der Waals surface area contributed by atoms with Crippen LogP contribution in [0.1, 0.15) is 5.56 Å². The van der Waals surface area contributed by atoms with Crippen LogP contribution in [0.2, 0.25) is 25.2 Å². The second-order valence-electron chi connectivity index (χ2n) is 5.87. The molecule has 0 spiro atoms. The topological polar surface area (TPSA) is 35.5 Å². The highest BCUT2D eigenvalue weighted by Crippen LogP contribution is 2.39. The highest BCUT2D eigenvalue weighted by Gasteiger charge is 2.49. The number of esters is 1. The molecular weight excluding hydrogens is 244 g/mol. The lowest BCUT2D eigenvalue weighted by Crippen LogP contribution is -2.53. The highest BCUT2D eigenvalue weighted by atomic mass is 28.3. The quantitative estimate of drug-likeness (QED) is 0.619. The summed E-state index contributed by atoms with van der Waals surface area (Å²) in [7, 11) is 0.186. The van der Waals surface area contributed by atoms with Gasteiger partial charge >= 0.3 is 5.97 Å². The Balaban J connectivity index is 2.03. The van der Waals surface area contributed by atoms with Gasteiger partial charge in [0, 0.05) is 6.42 Å². The molecule has 1 heterocycles. The van der Waals surface area contributed by atoms with Gasteiger partial charge in [-0.25, -0.2) is 0 Å².